The number of nitrogens with one attached hydrogen (secondary N) is 1. The molecule has 11 nitrogen and oxygen atoms in total. The van der Waals surface area contributed by atoms with Crippen LogP contribution in [0, 0.1) is 0 Å². The van der Waals surface area contributed by atoms with Gasteiger partial charge in [0.2, 0.25) is 5.91 Å². The molecule has 1 fully saturated rings. The monoisotopic (exact) mass is 1230 g/mol. The molecule has 6 N–H and O–H groups in total. The molecule has 1 heterocycles. The van der Waals surface area contributed by atoms with Gasteiger partial charge in [0, 0.05) is 12.8 Å². The van der Waals surface area contributed by atoms with Crippen LogP contribution in [-0.4, -0.2) is 100 Å². The fourth-order valence-corrected chi connectivity index (χ4v) is 12.6. The van der Waals surface area contributed by atoms with Gasteiger partial charge in [0.05, 0.1) is 32.0 Å². The van der Waals surface area contributed by atoms with E-state index in [1.54, 1.807) is 6.08 Å². The fraction of sp³-hybridized carbons (Fsp3) is 0.947. The summed E-state index contributed by atoms with van der Waals surface area (Å²) in [6.45, 7) is 4.37. The highest BCUT2D eigenvalue weighted by atomic mass is 16.7. The second-order valence-corrected chi connectivity index (χ2v) is 27.1. The van der Waals surface area contributed by atoms with E-state index < -0.39 is 49.5 Å². The molecule has 1 amide bonds. The molecule has 1 saturated heterocycles. The first-order chi connectivity index (χ1) is 42.7. The van der Waals surface area contributed by atoms with Crippen LogP contribution in [0.4, 0.5) is 0 Å². The molecule has 0 bridgehead atoms. The molecule has 1 aliphatic rings. The number of esters is 1. The predicted octanol–water partition coefficient (Wildman–Crippen LogP) is 20.2. The number of rotatable bonds is 69. The zero-order chi connectivity index (χ0) is 63.0. The van der Waals surface area contributed by atoms with Crippen molar-refractivity contribution in [3.05, 3.63) is 12.2 Å². The minimum atomic E-state index is -1.57. The predicted molar refractivity (Wildman–Crippen MR) is 366 cm³/mol. The topological polar surface area (TPSA) is 175 Å². The van der Waals surface area contributed by atoms with Gasteiger partial charge < -0.3 is 45.1 Å². The van der Waals surface area contributed by atoms with E-state index in [1.165, 1.54) is 321 Å². The molecular formula is C76H147NO10. The molecular weight excluding hydrogens is 1090 g/mol. The highest BCUT2D eigenvalue weighted by molar-refractivity contribution is 5.76. The van der Waals surface area contributed by atoms with Crippen LogP contribution in [0.5, 0.6) is 0 Å². The van der Waals surface area contributed by atoms with Crippen LogP contribution in [0.1, 0.15) is 399 Å². The van der Waals surface area contributed by atoms with E-state index in [2.05, 4.69) is 19.2 Å². The molecule has 0 aromatic rings. The lowest BCUT2D eigenvalue weighted by atomic mass is 9.99. The van der Waals surface area contributed by atoms with Crippen molar-refractivity contribution in [2.24, 2.45) is 0 Å². The number of hydrogen-bond acceptors (Lipinski definition) is 10. The van der Waals surface area contributed by atoms with Crippen molar-refractivity contribution in [2.45, 2.75) is 442 Å². The second-order valence-electron chi connectivity index (χ2n) is 27.1. The van der Waals surface area contributed by atoms with E-state index in [0.29, 0.717) is 19.4 Å². The summed E-state index contributed by atoms with van der Waals surface area (Å²) in [6.07, 6.45) is 72.6. The zero-order valence-corrected chi connectivity index (χ0v) is 57.5. The van der Waals surface area contributed by atoms with Crippen molar-refractivity contribution in [1.82, 2.24) is 5.32 Å². The Hall–Kier alpha value is -1.60. The molecule has 0 spiro atoms. The summed E-state index contributed by atoms with van der Waals surface area (Å²) in [5.41, 5.74) is 0. The third-order valence-corrected chi connectivity index (χ3v) is 18.7. The smallest absolute Gasteiger partial charge is 0.305 e. The number of hydrogen-bond donors (Lipinski definition) is 6. The molecule has 0 radical (unpaired) electrons. The first kappa shape index (κ1) is 83.4. The lowest BCUT2D eigenvalue weighted by molar-refractivity contribution is -0.302. The summed E-state index contributed by atoms with van der Waals surface area (Å²) in [7, 11) is 0. The van der Waals surface area contributed by atoms with E-state index in [1.807, 2.05) is 6.08 Å². The van der Waals surface area contributed by atoms with Crippen LogP contribution in [0.25, 0.3) is 0 Å². The van der Waals surface area contributed by atoms with Gasteiger partial charge in [-0.1, -0.05) is 366 Å². The molecule has 0 aromatic carbocycles. The highest BCUT2D eigenvalue weighted by Crippen LogP contribution is 2.24. The Morgan fingerprint density at radius 2 is 0.724 bits per heavy atom. The van der Waals surface area contributed by atoms with Gasteiger partial charge in [-0.3, -0.25) is 9.59 Å². The third-order valence-electron chi connectivity index (χ3n) is 18.7. The minimum Gasteiger partial charge on any atom is -0.466 e. The second kappa shape index (κ2) is 65.9. The van der Waals surface area contributed by atoms with Crippen LogP contribution in [-0.2, 0) is 23.8 Å². The van der Waals surface area contributed by atoms with Gasteiger partial charge in [0.15, 0.2) is 6.29 Å². The Kier molecular flexibility index (Phi) is 63.2. The summed E-state index contributed by atoms with van der Waals surface area (Å²) >= 11 is 0. The van der Waals surface area contributed by atoms with Crippen LogP contribution in [0.2, 0.25) is 0 Å². The quantitative estimate of drug-likeness (QED) is 0.0195. The van der Waals surface area contributed by atoms with Crippen LogP contribution >= 0.6 is 0 Å². The molecule has 1 aliphatic heterocycles. The number of aliphatic hydroxyl groups is 5. The maximum atomic E-state index is 13.0. The van der Waals surface area contributed by atoms with Crippen molar-refractivity contribution in [1.29, 1.82) is 0 Å². The first-order valence-electron chi connectivity index (χ1n) is 38.5. The highest BCUT2D eigenvalue weighted by Gasteiger charge is 2.44. The van der Waals surface area contributed by atoms with Gasteiger partial charge in [-0.15, -0.1) is 0 Å². The number of allylic oxidation sites excluding steroid dienone is 1. The van der Waals surface area contributed by atoms with Crippen molar-refractivity contribution in [3.8, 4) is 0 Å². The summed E-state index contributed by atoms with van der Waals surface area (Å²) in [5.74, 6) is -0.156. The summed E-state index contributed by atoms with van der Waals surface area (Å²) in [4.78, 5) is 25.1. The van der Waals surface area contributed by atoms with Crippen molar-refractivity contribution in [2.75, 3.05) is 19.8 Å². The Morgan fingerprint density at radius 1 is 0.414 bits per heavy atom. The Morgan fingerprint density at radius 3 is 1.07 bits per heavy atom. The summed E-state index contributed by atoms with van der Waals surface area (Å²) in [5, 5.41) is 54.3. The molecule has 87 heavy (non-hydrogen) atoms. The van der Waals surface area contributed by atoms with Gasteiger partial charge >= 0.3 is 5.97 Å². The van der Waals surface area contributed by atoms with Crippen molar-refractivity contribution >= 4 is 11.9 Å². The van der Waals surface area contributed by atoms with E-state index in [-0.39, 0.29) is 18.5 Å². The van der Waals surface area contributed by atoms with E-state index in [9.17, 15) is 35.1 Å². The molecule has 516 valence electrons. The van der Waals surface area contributed by atoms with E-state index >= 15 is 0 Å². The average molecular weight is 1240 g/mol. The normalized spacial score (nSPS) is 17.8. The van der Waals surface area contributed by atoms with Gasteiger partial charge in [-0.05, 0) is 32.1 Å². The fourth-order valence-electron chi connectivity index (χ4n) is 12.6. The standard InChI is InChI=1S/C76H147NO10/c1-3-5-7-9-11-13-14-40-44-48-52-56-60-64-72(81)85-65-61-57-53-49-45-42-39-37-35-33-31-29-27-25-23-21-19-17-15-16-18-20-22-24-26-28-30-32-34-36-38-41-43-47-51-55-59-63-71(80)77-68(69(79)62-58-54-50-46-12-10-8-6-4-2)67-86-76-75(84)74(83)73(82)70(66-78)87-76/h58,62,68-70,73-76,78-79,82-84H,3-57,59-61,63-67H2,1-2H3,(H,77,80)/b62-58+. The van der Waals surface area contributed by atoms with Gasteiger partial charge in [-0.25, -0.2) is 0 Å². The summed E-state index contributed by atoms with van der Waals surface area (Å²) < 4.78 is 16.7. The molecule has 7 atom stereocenters. The number of amides is 1. The molecule has 1 rings (SSSR count). The Bertz CT molecular complexity index is 1450. The van der Waals surface area contributed by atoms with Gasteiger partial charge in [-0.2, -0.15) is 0 Å². The lowest BCUT2D eigenvalue weighted by Gasteiger charge is -2.40. The molecule has 11 heteroatoms. The number of carbonyl (C=O) groups is 2. The number of carbonyl (C=O) groups excluding carboxylic acids is 2. The summed E-state index contributed by atoms with van der Waals surface area (Å²) in [6, 6.07) is -0.803. The molecule has 0 saturated carbocycles. The van der Waals surface area contributed by atoms with Crippen molar-refractivity contribution < 1.29 is 49.3 Å². The SMILES string of the molecule is CCCCCCCCC/C=C/C(O)C(COC1OC(CO)C(O)C(O)C1O)NC(=O)CCCCCCCCCCCCCCCCCCCCCCCCCCCCCCCCCCCCCCCOC(=O)CCCCCCCCCCCCCCC. The largest absolute Gasteiger partial charge is 0.466 e. The molecule has 7 unspecified atom stereocenters. The third kappa shape index (κ3) is 54.7. The molecule has 0 aliphatic carbocycles. The van der Waals surface area contributed by atoms with E-state index in [4.69, 9.17) is 14.2 Å². The number of unbranched alkanes of at least 4 members (excludes halogenated alkanes) is 55. The average Bonchev–Trinajstić information content (AvgIpc) is 1.99. The number of aliphatic hydroxyl groups excluding tert-OH is 5. The lowest BCUT2D eigenvalue weighted by Crippen LogP contribution is -2.60. The minimum absolute atomic E-state index is 0.0196. The van der Waals surface area contributed by atoms with Gasteiger partial charge in [0.25, 0.3) is 0 Å². The maximum Gasteiger partial charge on any atom is 0.305 e. The van der Waals surface area contributed by atoms with Gasteiger partial charge in [0.1, 0.15) is 24.4 Å². The van der Waals surface area contributed by atoms with Crippen LogP contribution in [0.15, 0.2) is 12.2 Å². The Balaban J connectivity index is 1.85. The zero-order valence-electron chi connectivity index (χ0n) is 57.5. The van der Waals surface area contributed by atoms with Crippen LogP contribution in [0.3, 0.4) is 0 Å². The molecule has 0 aromatic heterocycles. The number of ether oxygens (including phenoxy) is 3. The van der Waals surface area contributed by atoms with E-state index in [0.717, 1.165) is 51.4 Å². The Labute approximate surface area is 538 Å². The first-order valence-corrected chi connectivity index (χ1v) is 38.5. The maximum absolute atomic E-state index is 13.0. The van der Waals surface area contributed by atoms with Crippen LogP contribution < -0.4 is 5.32 Å². The van der Waals surface area contributed by atoms with Crippen molar-refractivity contribution in [3.63, 3.8) is 0 Å².